The predicted molar refractivity (Wildman–Crippen MR) is 220 cm³/mol. The second-order valence-corrected chi connectivity index (χ2v) is 17.1. The van der Waals surface area contributed by atoms with Crippen LogP contribution in [0.5, 0.6) is 11.8 Å². The highest BCUT2D eigenvalue weighted by molar-refractivity contribution is 6.06. The average Bonchev–Trinajstić information content (AvgIpc) is 3.60. The van der Waals surface area contributed by atoms with Crippen molar-refractivity contribution >= 4 is 33.7 Å². The largest absolute Gasteiger partial charge is 0.486 e. The minimum Gasteiger partial charge on any atom is -0.486 e. The minimum absolute atomic E-state index is 0.00912. The number of hydrogen-bond donors (Lipinski definition) is 1. The van der Waals surface area contributed by atoms with Gasteiger partial charge in [-0.25, -0.2) is 9.18 Å². The van der Waals surface area contributed by atoms with E-state index in [0.29, 0.717) is 55.3 Å². The summed E-state index contributed by atoms with van der Waals surface area (Å²) in [6.07, 6.45) is 9.91. The Balaban J connectivity index is 1.21. The maximum atomic E-state index is 15.9. The van der Waals surface area contributed by atoms with E-state index >= 15 is 4.39 Å². The van der Waals surface area contributed by atoms with Crippen LogP contribution in [-0.4, -0.2) is 106 Å². The first kappa shape index (κ1) is 38.1. The fraction of sp³-hybridized carbons (Fsp3) is 0.467. The van der Waals surface area contributed by atoms with Gasteiger partial charge in [-0.15, -0.1) is 6.42 Å². The molecule has 9 rings (SSSR count). The number of benzene rings is 3. The van der Waals surface area contributed by atoms with Gasteiger partial charge in [0.05, 0.1) is 37.0 Å². The maximum Gasteiger partial charge on any atom is 0.410 e. The maximum absolute atomic E-state index is 15.9. The molecule has 5 heterocycles. The second kappa shape index (κ2) is 15.1. The normalized spacial score (nSPS) is 20.2. The number of aromatic nitrogens is 4. The van der Waals surface area contributed by atoms with Gasteiger partial charge in [-0.3, -0.25) is 10.00 Å². The number of nitrogens with zero attached hydrogens (tertiary/aromatic N) is 6. The molecule has 4 fully saturated rings. The molecule has 13 heteroatoms. The summed E-state index contributed by atoms with van der Waals surface area (Å²) < 4.78 is 40.8. The third kappa shape index (κ3) is 7.28. The number of rotatable bonds is 10. The summed E-state index contributed by atoms with van der Waals surface area (Å²) in [5.74, 6) is 3.85. The van der Waals surface area contributed by atoms with E-state index in [1.807, 2.05) is 56.9 Å². The minimum atomic E-state index is -0.592. The standard InChI is InChI=1S/C45H50FN7O5/c1-7-28-8-10-29(11-9-28)25-56-41-39(38-27(3)36(46)20-37-35(38)21-47-50-37)33(30-12-13-30)19-34-40(41)48-43(57-24-26(2)51-14-16-55-17-15-51)49-42(34)52-22-32-18-31(52)23-53(32)44(54)58-45(4,5)6/h1,8-11,19-21,26,30-32H,12-18,22-25H2,2-6H3,(H,47,50)/t26-,31-,32-/m0/s1. The van der Waals surface area contributed by atoms with Gasteiger partial charge in [0.1, 0.15) is 36.0 Å². The molecular weight excluding hydrogens is 738 g/mol. The number of amides is 1. The van der Waals surface area contributed by atoms with Crippen molar-refractivity contribution in [2.24, 2.45) is 0 Å². The number of hydrogen-bond acceptors (Lipinski definition) is 10. The zero-order valence-electron chi connectivity index (χ0n) is 33.8. The van der Waals surface area contributed by atoms with Crippen molar-refractivity contribution in [3.05, 3.63) is 70.7 Å². The van der Waals surface area contributed by atoms with E-state index in [-0.39, 0.29) is 48.6 Å². The van der Waals surface area contributed by atoms with Crippen LogP contribution >= 0.6 is 0 Å². The molecule has 0 radical (unpaired) electrons. The highest BCUT2D eigenvalue weighted by atomic mass is 19.1. The molecule has 1 amide bonds. The summed E-state index contributed by atoms with van der Waals surface area (Å²) in [5, 5.41) is 8.94. The molecule has 3 aliphatic heterocycles. The van der Waals surface area contributed by atoms with Gasteiger partial charge < -0.3 is 28.7 Å². The molecule has 58 heavy (non-hydrogen) atoms. The van der Waals surface area contributed by atoms with Crippen LogP contribution in [-0.2, 0) is 16.1 Å². The van der Waals surface area contributed by atoms with Crippen LogP contribution in [0.4, 0.5) is 15.0 Å². The average molecular weight is 788 g/mol. The van der Waals surface area contributed by atoms with Gasteiger partial charge in [-0.1, -0.05) is 18.1 Å². The predicted octanol–water partition coefficient (Wildman–Crippen LogP) is 7.36. The molecule has 3 atom stereocenters. The molecule has 1 aliphatic carbocycles. The molecule has 1 N–H and O–H groups in total. The van der Waals surface area contributed by atoms with Gasteiger partial charge in [0, 0.05) is 59.7 Å². The van der Waals surface area contributed by atoms with Crippen LogP contribution in [0.3, 0.4) is 0 Å². The lowest BCUT2D eigenvalue weighted by atomic mass is 9.88. The Hall–Kier alpha value is -5.45. The number of nitrogens with one attached hydrogen (secondary N) is 1. The molecule has 1 saturated carbocycles. The highest BCUT2D eigenvalue weighted by Gasteiger charge is 2.48. The highest BCUT2D eigenvalue weighted by Crippen LogP contribution is 2.53. The van der Waals surface area contributed by atoms with E-state index in [2.05, 4.69) is 38.9 Å². The fourth-order valence-electron chi connectivity index (χ4n) is 8.74. The zero-order valence-corrected chi connectivity index (χ0v) is 33.8. The molecular formula is C45H50FN7O5. The van der Waals surface area contributed by atoms with E-state index in [1.54, 1.807) is 6.20 Å². The van der Waals surface area contributed by atoms with E-state index < -0.39 is 5.60 Å². The second-order valence-electron chi connectivity index (χ2n) is 17.1. The Bertz CT molecular complexity index is 2410. The number of carbonyl (C=O) groups is 1. The summed E-state index contributed by atoms with van der Waals surface area (Å²) in [6.45, 7) is 14.3. The van der Waals surface area contributed by atoms with Crippen molar-refractivity contribution in [1.82, 2.24) is 30.0 Å². The van der Waals surface area contributed by atoms with Crippen LogP contribution in [0.15, 0.2) is 42.6 Å². The van der Waals surface area contributed by atoms with Gasteiger partial charge in [0.25, 0.3) is 0 Å². The molecule has 3 saturated heterocycles. The number of anilines is 1. The van der Waals surface area contributed by atoms with Gasteiger partial charge in [0.15, 0.2) is 5.75 Å². The number of aromatic amines is 1. The van der Waals surface area contributed by atoms with Crippen LogP contribution < -0.4 is 14.4 Å². The smallest absolute Gasteiger partial charge is 0.410 e. The molecule has 0 unspecified atom stereocenters. The Morgan fingerprint density at radius 3 is 2.52 bits per heavy atom. The topological polar surface area (TPSA) is 118 Å². The fourth-order valence-corrected chi connectivity index (χ4v) is 8.74. The summed E-state index contributed by atoms with van der Waals surface area (Å²) in [7, 11) is 0. The zero-order chi connectivity index (χ0) is 40.3. The Kier molecular flexibility index (Phi) is 9.88. The Labute approximate surface area is 338 Å². The Morgan fingerprint density at radius 2 is 1.83 bits per heavy atom. The number of carbonyl (C=O) groups excluding carboxylic acids is 1. The third-order valence-corrected chi connectivity index (χ3v) is 11.9. The molecule has 302 valence electrons. The first-order chi connectivity index (χ1) is 28.0. The SMILES string of the molecule is C#Cc1ccc(COc2c(-c3c(C)c(F)cc4[nH]ncc34)c(C3CC3)cc3c(N4C[C@@H]5C[C@H]4CN5C(=O)OC(C)(C)C)nc(OC[C@H](C)N4CCOCC4)nc23)cc1. The number of H-pyrrole nitrogens is 1. The van der Waals surface area contributed by atoms with E-state index in [0.717, 1.165) is 76.8 Å². The van der Waals surface area contributed by atoms with Crippen LogP contribution in [0.2, 0.25) is 0 Å². The van der Waals surface area contributed by atoms with Crippen LogP contribution in [0.1, 0.15) is 75.1 Å². The van der Waals surface area contributed by atoms with Crippen LogP contribution in [0, 0.1) is 25.1 Å². The number of fused-ring (bicyclic) bond motifs is 4. The van der Waals surface area contributed by atoms with Gasteiger partial charge in [-0.05, 0) is 101 Å². The summed E-state index contributed by atoms with van der Waals surface area (Å²) in [6, 6.07) is 11.7. The first-order valence-electron chi connectivity index (χ1n) is 20.4. The number of morpholine rings is 1. The number of piperazine rings is 1. The van der Waals surface area contributed by atoms with Crippen molar-refractivity contribution in [1.29, 1.82) is 0 Å². The summed E-state index contributed by atoms with van der Waals surface area (Å²) in [5.41, 5.74) is 5.36. The number of halogens is 1. The molecule has 4 aliphatic rings. The van der Waals surface area contributed by atoms with E-state index in [9.17, 15) is 4.79 Å². The lowest BCUT2D eigenvalue weighted by Gasteiger charge is -2.36. The van der Waals surface area contributed by atoms with Crippen molar-refractivity contribution in [2.45, 2.75) is 90.1 Å². The van der Waals surface area contributed by atoms with Crippen molar-refractivity contribution in [3.8, 4) is 35.2 Å². The molecule has 5 aromatic rings. The quantitative estimate of drug-likeness (QED) is 0.144. The van der Waals surface area contributed by atoms with Crippen molar-refractivity contribution < 1.29 is 28.1 Å². The summed E-state index contributed by atoms with van der Waals surface area (Å²) >= 11 is 0. The monoisotopic (exact) mass is 787 g/mol. The number of ether oxygens (including phenoxy) is 4. The van der Waals surface area contributed by atoms with Gasteiger partial charge in [0.2, 0.25) is 0 Å². The van der Waals surface area contributed by atoms with Crippen LogP contribution in [0.25, 0.3) is 32.9 Å². The van der Waals surface area contributed by atoms with Crippen molar-refractivity contribution in [2.75, 3.05) is 50.9 Å². The lowest BCUT2D eigenvalue weighted by Crippen LogP contribution is -2.50. The Morgan fingerprint density at radius 1 is 1.05 bits per heavy atom. The first-order valence-corrected chi connectivity index (χ1v) is 20.4. The number of likely N-dealkylation sites (tertiary alicyclic amines) is 1. The summed E-state index contributed by atoms with van der Waals surface area (Å²) in [4.78, 5) is 30.2. The molecule has 2 bridgehead atoms. The number of terminal acetylenes is 1. The van der Waals surface area contributed by atoms with Crippen molar-refractivity contribution in [3.63, 3.8) is 0 Å². The molecule has 2 aromatic heterocycles. The molecule has 0 spiro atoms. The van der Waals surface area contributed by atoms with E-state index in [4.69, 9.17) is 35.3 Å². The molecule has 12 nitrogen and oxygen atoms in total. The molecule has 3 aromatic carbocycles. The third-order valence-electron chi connectivity index (χ3n) is 11.9. The lowest BCUT2D eigenvalue weighted by molar-refractivity contribution is 0.00973. The van der Waals surface area contributed by atoms with E-state index in [1.165, 1.54) is 6.07 Å². The van der Waals surface area contributed by atoms with Gasteiger partial charge in [-0.2, -0.15) is 15.1 Å². The van der Waals surface area contributed by atoms with Gasteiger partial charge >= 0.3 is 12.1 Å².